The van der Waals surface area contributed by atoms with E-state index in [1.54, 1.807) is 10.7 Å². The summed E-state index contributed by atoms with van der Waals surface area (Å²) in [6.07, 6.45) is 3.10. The number of hydrogen-bond donors (Lipinski definition) is 1. The minimum atomic E-state index is 0.323. The third-order valence-corrected chi connectivity index (χ3v) is 4.05. The second-order valence-electron chi connectivity index (χ2n) is 5.73. The first-order valence-electron chi connectivity index (χ1n) is 7.63. The number of nitriles is 1. The second-order valence-corrected chi connectivity index (χ2v) is 5.73. The average molecular weight is 321 g/mol. The Morgan fingerprint density at radius 3 is 2.92 bits per heavy atom. The first kappa shape index (κ1) is 14.3. The Bertz CT molecular complexity index is 920. The number of aromatic nitrogens is 6. The smallest absolute Gasteiger partial charge is 0.182 e. The first-order chi connectivity index (χ1) is 11.7. The number of aryl methyl sites for hydroxylation is 1. The molecule has 0 amide bonds. The Hall–Kier alpha value is -3.28. The van der Waals surface area contributed by atoms with Crippen LogP contribution in [0.25, 0.3) is 5.65 Å². The van der Waals surface area contributed by atoms with Gasteiger partial charge in [0.15, 0.2) is 23.0 Å². The van der Waals surface area contributed by atoms with Crippen molar-refractivity contribution in [1.29, 1.82) is 5.26 Å². The van der Waals surface area contributed by atoms with Crippen molar-refractivity contribution < 1.29 is 0 Å². The van der Waals surface area contributed by atoms with Crippen LogP contribution in [-0.2, 0) is 0 Å². The number of fused-ring (bicyclic) bond motifs is 1. The molecule has 4 heterocycles. The van der Waals surface area contributed by atoms with Gasteiger partial charge in [0.05, 0.1) is 0 Å². The van der Waals surface area contributed by atoms with Gasteiger partial charge in [-0.05, 0) is 19.1 Å². The zero-order valence-corrected chi connectivity index (χ0v) is 13.1. The van der Waals surface area contributed by atoms with Gasteiger partial charge in [0.1, 0.15) is 11.9 Å². The highest BCUT2D eigenvalue weighted by molar-refractivity contribution is 5.49. The summed E-state index contributed by atoms with van der Waals surface area (Å²) in [6, 6.07) is 5.92. The average Bonchev–Trinajstić information content (AvgIpc) is 2.94. The first-order valence-corrected chi connectivity index (χ1v) is 7.63. The Labute approximate surface area is 138 Å². The maximum Gasteiger partial charge on any atom is 0.182 e. The van der Waals surface area contributed by atoms with Crippen molar-refractivity contribution in [1.82, 2.24) is 29.8 Å². The number of nitrogens with zero attached hydrogens (tertiary/aromatic N) is 8. The van der Waals surface area contributed by atoms with Crippen LogP contribution in [0.3, 0.4) is 0 Å². The standard InChI is InChI=1S/C15H15N9/c1-10-20-21-13-2-3-14(22-24(10)13)23-8-11(9-23)7-19-15-12(6-16)17-4-5-18-15/h2-5,11H,7-9H2,1H3,(H,18,19). The lowest BCUT2D eigenvalue weighted by atomic mass is 10.0. The van der Waals surface area contributed by atoms with E-state index >= 15 is 0 Å². The van der Waals surface area contributed by atoms with Gasteiger partial charge >= 0.3 is 0 Å². The van der Waals surface area contributed by atoms with Crippen LogP contribution < -0.4 is 10.2 Å². The summed E-state index contributed by atoms with van der Waals surface area (Å²) in [4.78, 5) is 10.3. The van der Waals surface area contributed by atoms with Gasteiger partial charge in [-0.25, -0.2) is 9.97 Å². The van der Waals surface area contributed by atoms with E-state index in [1.807, 2.05) is 25.1 Å². The third kappa shape index (κ3) is 2.48. The van der Waals surface area contributed by atoms with E-state index in [4.69, 9.17) is 5.26 Å². The molecule has 1 fully saturated rings. The molecule has 24 heavy (non-hydrogen) atoms. The van der Waals surface area contributed by atoms with Crippen LogP contribution in [-0.4, -0.2) is 49.4 Å². The lowest BCUT2D eigenvalue weighted by Crippen LogP contribution is -2.50. The molecule has 1 N–H and O–H groups in total. The van der Waals surface area contributed by atoms with Crippen molar-refractivity contribution in [3.8, 4) is 6.07 Å². The Morgan fingerprint density at radius 2 is 2.08 bits per heavy atom. The lowest BCUT2D eigenvalue weighted by molar-refractivity contribution is 0.424. The maximum atomic E-state index is 9.02. The highest BCUT2D eigenvalue weighted by atomic mass is 15.4. The SMILES string of the molecule is Cc1nnc2ccc(N3CC(CNc4nccnc4C#N)C3)nn12. The van der Waals surface area contributed by atoms with Crippen LogP contribution in [0.5, 0.6) is 0 Å². The second kappa shape index (κ2) is 5.73. The quantitative estimate of drug-likeness (QED) is 0.746. The molecule has 0 bridgehead atoms. The van der Waals surface area contributed by atoms with E-state index in [-0.39, 0.29) is 0 Å². The number of hydrogen-bond acceptors (Lipinski definition) is 8. The van der Waals surface area contributed by atoms with Crippen molar-refractivity contribution in [2.75, 3.05) is 29.9 Å². The van der Waals surface area contributed by atoms with Gasteiger partial charge in [-0.1, -0.05) is 0 Å². The van der Waals surface area contributed by atoms with E-state index in [1.165, 1.54) is 6.20 Å². The van der Waals surface area contributed by atoms with Crippen LogP contribution >= 0.6 is 0 Å². The summed E-state index contributed by atoms with van der Waals surface area (Å²) in [7, 11) is 0. The summed E-state index contributed by atoms with van der Waals surface area (Å²) in [5, 5.41) is 24.8. The predicted octanol–water partition coefficient (Wildman–Crippen LogP) is 0.643. The fourth-order valence-corrected chi connectivity index (χ4v) is 2.73. The predicted molar refractivity (Wildman–Crippen MR) is 86.5 cm³/mol. The fraction of sp³-hybridized carbons (Fsp3) is 0.333. The molecule has 0 unspecified atom stereocenters. The molecule has 3 aromatic heterocycles. The monoisotopic (exact) mass is 321 g/mol. The number of anilines is 2. The molecule has 120 valence electrons. The zero-order chi connectivity index (χ0) is 16.5. The molecule has 0 atom stereocenters. The third-order valence-electron chi connectivity index (χ3n) is 4.05. The van der Waals surface area contributed by atoms with Crippen molar-refractivity contribution in [3.05, 3.63) is 36.0 Å². The normalized spacial score (nSPS) is 14.4. The van der Waals surface area contributed by atoms with Crippen LogP contribution in [0.15, 0.2) is 24.5 Å². The Kier molecular flexibility index (Phi) is 3.42. The molecule has 0 aromatic carbocycles. The fourth-order valence-electron chi connectivity index (χ4n) is 2.73. The van der Waals surface area contributed by atoms with E-state index in [9.17, 15) is 0 Å². The molecule has 4 rings (SSSR count). The van der Waals surface area contributed by atoms with Gasteiger partial charge < -0.3 is 10.2 Å². The summed E-state index contributed by atoms with van der Waals surface area (Å²) in [5.41, 5.74) is 1.07. The number of nitrogens with one attached hydrogen (secondary N) is 1. The highest BCUT2D eigenvalue weighted by Gasteiger charge is 2.28. The molecular weight excluding hydrogens is 306 g/mol. The minimum absolute atomic E-state index is 0.323. The van der Waals surface area contributed by atoms with Gasteiger partial charge in [-0.3, -0.25) is 0 Å². The largest absolute Gasteiger partial charge is 0.367 e. The Morgan fingerprint density at radius 1 is 1.25 bits per heavy atom. The van der Waals surface area contributed by atoms with Crippen LogP contribution in [0, 0.1) is 24.2 Å². The van der Waals surface area contributed by atoms with Gasteiger partial charge in [0, 0.05) is 37.9 Å². The molecule has 1 aliphatic heterocycles. The van der Waals surface area contributed by atoms with E-state index in [0.29, 0.717) is 17.4 Å². The van der Waals surface area contributed by atoms with Crippen molar-refractivity contribution in [3.63, 3.8) is 0 Å². The summed E-state index contributed by atoms with van der Waals surface area (Å²) < 4.78 is 1.75. The van der Waals surface area contributed by atoms with E-state index in [2.05, 4.69) is 35.5 Å². The van der Waals surface area contributed by atoms with Gasteiger partial charge in [-0.2, -0.15) is 9.78 Å². The summed E-state index contributed by atoms with van der Waals surface area (Å²) >= 11 is 0. The Balaban J connectivity index is 1.37. The molecule has 1 aliphatic rings. The van der Waals surface area contributed by atoms with E-state index in [0.717, 1.165) is 36.9 Å². The molecule has 0 spiro atoms. The van der Waals surface area contributed by atoms with Crippen LogP contribution in [0.1, 0.15) is 11.5 Å². The molecular formula is C15H15N9. The van der Waals surface area contributed by atoms with Crippen molar-refractivity contribution in [2.45, 2.75) is 6.92 Å². The molecule has 1 saturated heterocycles. The van der Waals surface area contributed by atoms with Crippen LogP contribution in [0.4, 0.5) is 11.6 Å². The summed E-state index contributed by atoms with van der Waals surface area (Å²) in [5.74, 6) is 2.70. The van der Waals surface area contributed by atoms with Crippen LogP contribution in [0.2, 0.25) is 0 Å². The molecule has 9 heteroatoms. The molecule has 0 aliphatic carbocycles. The maximum absolute atomic E-state index is 9.02. The molecule has 9 nitrogen and oxygen atoms in total. The number of rotatable bonds is 4. The zero-order valence-electron chi connectivity index (χ0n) is 13.1. The summed E-state index contributed by atoms with van der Waals surface area (Å²) in [6.45, 7) is 4.43. The van der Waals surface area contributed by atoms with Crippen molar-refractivity contribution >= 4 is 17.3 Å². The molecule has 3 aromatic rings. The van der Waals surface area contributed by atoms with Gasteiger partial charge in [-0.15, -0.1) is 15.3 Å². The van der Waals surface area contributed by atoms with E-state index < -0.39 is 0 Å². The highest BCUT2D eigenvalue weighted by Crippen LogP contribution is 2.23. The van der Waals surface area contributed by atoms with Gasteiger partial charge in [0.25, 0.3) is 0 Å². The lowest BCUT2D eigenvalue weighted by Gasteiger charge is -2.40. The van der Waals surface area contributed by atoms with Gasteiger partial charge in [0.2, 0.25) is 0 Å². The topological polar surface area (TPSA) is 108 Å². The van der Waals surface area contributed by atoms with Crippen molar-refractivity contribution in [2.24, 2.45) is 5.92 Å². The minimum Gasteiger partial charge on any atom is -0.367 e. The molecule has 0 saturated carbocycles. The molecule has 0 radical (unpaired) electrons.